The SMILES string of the molecule is COc1ccc(F)cc1-c1ccc([C@H](N[C@@H](CC(C)C)C(=O)NCC#N)C(F)(F)F)cc1. The van der Waals surface area contributed by atoms with Gasteiger partial charge in [-0.2, -0.15) is 18.4 Å². The zero-order chi connectivity index (χ0) is 23.9. The number of benzene rings is 2. The van der Waals surface area contributed by atoms with E-state index in [9.17, 15) is 22.4 Å². The maximum absolute atomic E-state index is 13.9. The summed E-state index contributed by atoms with van der Waals surface area (Å²) in [6.45, 7) is 3.28. The smallest absolute Gasteiger partial charge is 0.407 e. The first kappa shape index (κ1) is 25.1. The van der Waals surface area contributed by atoms with Crippen LogP contribution < -0.4 is 15.4 Å². The monoisotopic (exact) mass is 451 g/mol. The third-order valence-electron chi connectivity index (χ3n) is 4.78. The van der Waals surface area contributed by atoms with E-state index in [2.05, 4.69) is 10.6 Å². The Bertz CT molecular complexity index is 953. The van der Waals surface area contributed by atoms with Crippen LogP contribution in [0.25, 0.3) is 11.1 Å². The third kappa shape index (κ3) is 6.69. The lowest BCUT2D eigenvalue weighted by Gasteiger charge is -2.28. The predicted octanol–water partition coefficient (Wildman–Crippen LogP) is 4.75. The second kappa shape index (κ2) is 11.0. The number of amides is 1. The van der Waals surface area contributed by atoms with Crippen LogP contribution in [0.1, 0.15) is 31.9 Å². The second-order valence-electron chi connectivity index (χ2n) is 7.67. The molecular formula is C23H25F4N3O2. The molecule has 0 unspecified atom stereocenters. The van der Waals surface area contributed by atoms with E-state index in [0.29, 0.717) is 16.9 Å². The number of rotatable bonds is 9. The molecule has 0 aliphatic carbocycles. The third-order valence-corrected chi connectivity index (χ3v) is 4.78. The van der Waals surface area contributed by atoms with Crippen LogP contribution in [0.2, 0.25) is 0 Å². The molecule has 5 nitrogen and oxygen atoms in total. The predicted molar refractivity (Wildman–Crippen MR) is 112 cm³/mol. The van der Waals surface area contributed by atoms with E-state index in [-0.39, 0.29) is 24.4 Å². The molecule has 2 aromatic carbocycles. The first-order chi connectivity index (χ1) is 15.1. The lowest BCUT2D eigenvalue weighted by atomic mass is 9.97. The van der Waals surface area contributed by atoms with Gasteiger partial charge in [0.15, 0.2) is 0 Å². The highest BCUT2D eigenvalue weighted by atomic mass is 19.4. The molecular weight excluding hydrogens is 426 g/mol. The summed E-state index contributed by atoms with van der Waals surface area (Å²) in [5, 5.41) is 13.4. The van der Waals surface area contributed by atoms with Crippen molar-refractivity contribution in [1.29, 1.82) is 5.26 Å². The van der Waals surface area contributed by atoms with Gasteiger partial charge in [0.25, 0.3) is 0 Å². The van der Waals surface area contributed by atoms with E-state index in [1.165, 1.54) is 49.6 Å². The largest absolute Gasteiger partial charge is 0.496 e. The summed E-state index contributed by atoms with van der Waals surface area (Å²) in [6, 6.07) is 7.85. The average molecular weight is 451 g/mol. The van der Waals surface area contributed by atoms with Gasteiger partial charge in [0.1, 0.15) is 24.2 Å². The number of methoxy groups -OCH3 is 1. The molecule has 0 heterocycles. The van der Waals surface area contributed by atoms with Gasteiger partial charge in [-0.15, -0.1) is 0 Å². The molecule has 0 radical (unpaired) electrons. The number of nitriles is 1. The van der Waals surface area contributed by atoms with Crippen molar-refractivity contribution in [3.05, 3.63) is 53.8 Å². The minimum Gasteiger partial charge on any atom is -0.496 e. The maximum Gasteiger partial charge on any atom is 0.407 e. The van der Waals surface area contributed by atoms with Crippen molar-refractivity contribution in [2.24, 2.45) is 5.92 Å². The van der Waals surface area contributed by atoms with Gasteiger partial charge in [-0.05, 0) is 41.7 Å². The average Bonchev–Trinajstić information content (AvgIpc) is 2.74. The zero-order valence-electron chi connectivity index (χ0n) is 18.0. The van der Waals surface area contributed by atoms with Crippen molar-refractivity contribution in [1.82, 2.24) is 10.6 Å². The van der Waals surface area contributed by atoms with Gasteiger partial charge >= 0.3 is 6.18 Å². The van der Waals surface area contributed by atoms with E-state index in [1.807, 2.05) is 0 Å². The Labute approximate surface area is 184 Å². The van der Waals surface area contributed by atoms with E-state index >= 15 is 0 Å². The Morgan fingerprint density at radius 2 is 1.81 bits per heavy atom. The summed E-state index contributed by atoms with van der Waals surface area (Å²) < 4.78 is 60.6. The van der Waals surface area contributed by atoms with Crippen LogP contribution in [-0.4, -0.2) is 31.8 Å². The molecule has 0 aromatic heterocycles. The molecule has 172 valence electrons. The van der Waals surface area contributed by atoms with Crippen molar-refractivity contribution in [2.75, 3.05) is 13.7 Å². The van der Waals surface area contributed by atoms with E-state index in [4.69, 9.17) is 10.00 Å². The lowest BCUT2D eigenvalue weighted by Crippen LogP contribution is -2.49. The molecule has 0 fully saturated rings. The normalized spacial score (nSPS) is 13.3. The molecule has 0 saturated carbocycles. The Hall–Kier alpha value is -3.12. The summed E-state index contributed by atoms with van der Waals surface area (Å²) in [5.41, 5.74) is 0.791. The second-order valence-corrected chi connectivity index (χ2v) is 7.67. The molecule has 0 bridgehead atoms. The number of halogens is 4. The van der Waals surface area contributed by atoms with Gasteiger partial charge in [0.2, 0.25) is 5.91 Å². The number of carbonyl (C=O) groups is 1. The molecule has 2 rings (SSSR count). The van der Waals surface area contributed by atoms with Gasteiger partial charge in [-0.1, -0.05) is 38.1 Å². The van der Waals surface area contributed by atoms with Gasteiger partial charge in [-0.3, -0.25) is 10.1 Å². The van der Waals surface area contributed by atoms with Crippen molar-refractivity contribution >= 4 is 5.91 Å². The summed E-state index contributed by atoms with van der Waals surface area (Å²) >= 11 is 0. The minimum absolute atomic E-state index is 0.0583. The molecule has 1 amide bonds. The Balaban J connectivity index is 2.36. The Morgan fingerprint density at radius 1 is 1.16 bits per heavy atom. The van der Waals surface area contributed by atoms with Crippen molar-refractivity contribution in [3.8, 4) is 22.9 Å². The molecule has 2 aromatic rings. The molecule has 9 heteroatoms. The Morgan fingerprint density at radius 3 is 2.34 bits per heavy atom. The minimum atomic E-state index is -4.68. The van der Waals surface area contributed by atoms with Gasteiger partial charge in [0, 0.05) is 5.56 Å². The number of hydrogen-bond acceptors (Lipinski definition) is 4. The van der Waals surface area contributed by atoms with Crippen LogP contribution in [0.5, 0.6) is 5.75 Å². The summed E-state index contributed by atoms with van der Waals surface area (Å²) in [4.78, 5) is 12.3. The maximum atomic E-state index is 13.9. The fourth-order valence-electron chi connectivity index (χ4n) is 3.31. The summed E-state index contributed by atoms with van der Waals surface area (Å²) in [7, 11) is 1.42. The summed E-state index contributed by atoms with van der Waals surface area (Å²) in [6.07, 6.45) is -4.52. The Kier molecular flexibility index (Phi) is 8.61. The van der Waals surface area contributed by atoms with Crippen LogP contribution in [0.4, 0.5) is 17.6 Å². The highest BCUT2D eigenvalue weighted by Gasteiger charge is 2.42. The molecule has 0 aliphatic rings. The van der Waals surface area contributed by atoms with E-state index < -0.39 is 30.0 Å². The molecule has 0 spiro atoms. The molecule has 2 atom stereocenters. The molecule has 0 aliphatic heterocycles. The van der Waals surface area contributed by atoms with E-state index in [0.717, 1.165) is 0 Å². The fourth-order valence-corrected chi connectivity index (χ4v) is 3.31. The highest BCUT2D eigenvalue weighted by molar-refractivity contribution is 5.82. The lowest BCUT2D eigenvalue weighted by molar-refractivity contribution is -0.161. The van der Waals surface area contributed by atoms with Gasteiger partial charge in [-0.25, -0.2) is 4.39 Å². The van der Waals surface area contributed by atoms with Crippen molar-refractivity contribution < 1.29 is 27.1 Å². The first-order valence-corrected chi connectivity index (χ1v) is 9.98. The van der Waals surface area contributed by atoms with Crippen LogP contribution in [0, 0.1) is 23.1 Å². The van der Waals surface area contributed by atoms with Crippen molar-refractivity contribution in [3.63, 3.8) is 0 Å². The first-order valence-electron chi connectivity index (χ1n) is 9.98. The van der Waals surface area contributed by atoms with Gasteiger partial charge < -0.3 is 10.1 Å². The quantitative estimate of drug-likeness (QED) is 0.426. The highest BCUT2D eigenvalue weighted by Crippen LogP contribution is 2.36. The van der Waals surface area contributed by atoms with Crippen molar-refractivity contribution in [2.45, 2.75) is 38.5 Å². The number of hydrogen-bond donors (Lipinski definition) is 2. The summed E-state index contributed by atoms with van der Waals surface area (Å²) in [5.74, 6) is -0.844. The van der Waals surface area contributed by atoms with Crippen LogP contribution in [-0.2, 0) is 4.79 Å². The molecule has 2 N–H and O–H groups in total. The number of carbonyl (C=O) groups excluding carboxylic acids is 1. The van der Waals surface area contributed by atoms with Crippen LogP contribution >= 0.6 is 0 Å². The fraction of sp³-hybridized carbons (Fsp3) is 0.391. The standard InChI is InChI=1S/C23H25F4N3O2/c1-14(2)12-19(22(31)29-11-10-28)30-21(23(25,26)27)16-6-4-15(5-7-16)18-13-17(24)8-9-20(18)32-3/h4-9,13-14,19,21,30H,11-12H2,1-3H3,(H,29,31)/t19-,21-/m0/s1. The molecule has 32 heavy (non-hydrogen) atoms. The number of nitrogens with one attached hydrogen (secondary N) is 2. The zero-order valence-corrected chi connectivity index (χ0v) is 18.0. The number of nitrogens with zero attached hydrogens (tertiary/aromatic N) is 1. The van der Waals surface area contributed by atoms with Gasteiger partial charge in [0.05, 0.1) is 19.2 Å². The molecule has 0 saturated heterocycles. The topological polar surface area (TPSA) is 74.2 Å². The van der Waals surface area contributed by atoms with Crippen LogP contribution in [0.3, 0.4) is 0 Å². The number of ether oxygens (including phenoxy) is 1. The van der Waals surface area contributed by atoms with E-state index in [1.54, 1.807) is 19.9 Å². The van der Waals surface area contributed by atoms with Crippen LogP contribution in [0.15, 0.2) is 42.5 Å². The number of alkyl halides is 3.